The molecule has 22 heavy (non-hydrogen) atoms. The van der Waals surface area contributed by atoms with E-state index in [2.05, 4.69) is 0 Å². The van der Waals surface area contributed by atoms with Crippen molar-refractivity contribution in [2.75, 3.05) is 0 Å². The highest BCUT2D eigenvalue weighted by atomic mass is 16.7. The second-order valence-electron chi connectivity index (χ2n) is 6.96. The first kappa shape index (κ1) is 15.7. The minimum atomic E-state index is -1.17. The molecule has 0 aromatic carbocycles. The molecule has 0 aromatic heterocycles. The van der Waals surface area contributed by atoms with Gasteiger partial charge < -0.3 is 19.3 Å². The van der Waals surface area contributed by atoms with Crippen molar-refractivity contribution >= 4 is 11.9 Å². The molecule has 2 aliphatic carbocycles. The zero-order chi connectivity index (χ0) is 15.9. The molecule has 0 aromatic rings. The van der Waals surface area contributed by atoms with Crippen LogP contribution in [0, 0.1) is 11.8 Å². The van der Waals surface area contributed by atoms with Gasteiger partial charge in [0.25, 0.3) is 0 Å². The van der Waals surface area contributed by atoms with Crippen LogP contribution < -0.4 is 0 Å². The molecular formula is C16H24O6. The zero-order valence-corrected chi connectivity index (χ0v) is 13.1. The van der Waals surface area contributed by atoms with Gasteiger partial charge in [0.15, 0.2) is 0 Å². The van der Waals surface area contributed by atoms with E-state index in [1.54, 1.807) is 0 Å². The van der Waals surface area contributed by atoms with Crippen molar-refractivity contribution in [3.63, 3.8) is 0 Å². The molecule has 6 unspecified atom stereocenters. The Hall–Kier alpha value is -1.14. The first-order valence-corrected chi connectivity index (χ1v) is 8.17. The molecule has 0 radical (unpaired) electrons. The van der Waals surface area contributed by atoms with Crippen LogP contribution in [0.25, 0.3) is 0 Å². The molecule has 4 rings (SSSR count). The summed E-state index contributed by atoms with van der Waals surface area (Å²) in [5, 5.41) is 9.28. The summed E-state index contributed by atoms with van der Waals surface area (Å²) in [5.74, 6) is -0.446. The maximum atomic E-state index is 12.0. The van der Waals surface area contributed by atoms with Gasteiger partial charge in [-0.05, 0) is 38.5 Å². The Morgan fingerprint density at radius 1 is 1.41 bits per heavy atom. The number of fused-ring (bicyclic) bond motifs is 1. The minimum absolute atomic E-state index is 0.0799. The van der Waals surface area contributed by atoms with Crippen LogP contribution >= 0.6 is 0 Å². The summed E-state index contributed by atoms with van der Waals surface area (Å²) in [4.78, 5) is 23.6. The van der Waals surface area contributed by atoms with E-state index in [4.69, 9.17) is 14.2 Å². The van der Waals surface area contributed by atoms with Crippen molar-refractivity contribution in [2.45, 2.75) is 76.5 Å². The Morgan fingerprint density at radius 2 is 2.18 bits per heavy atom. The van der Waals surface area contributed by atoms with E-state index >= 15 is 0 Å². The summed E-state index contributed by atoms with van der Waals surface area (Å²) in [7, 11) is 0. The predicted octanol–water partition coefficient (Wildman–Crippen LogP) is 1.54. The standard InChI is InChI=1S/C16H24O6/c1-3-13(21-14(18)9(2)17)22-16-6-10-4-11(7-16)15(19)20-12(5-10)8-16/h9-13,17H,3-8H2,1-2H3. The van der Waals surface area contributed by atoms with E-state index in [9.17, 15) is 14.7 Å². The maximum Gasteiger partial charge on any atom is 0.336 e. The monoisotopic (exact) mass is 312 g/mol. The lowest BCUT2D eigenvalue weighted by Gasteiger charge is -2.47. The number of carbonyl (C=O) groups excluding carboxylic acids is 2. The summed E-state index contributed by atoms with van der Waals surface area (Å²) < 4.78 is 16.9. The number of hydrogen-bond donors (Lipinski definition) is 1. The Labute approximate surface area is 130 Å². The lowest BCUT2D eigenvalue weighted by molar-refractivity contribution is -0.240. The van der Waals surface area contributed by atoms with Crippen LogP contribution in [0.3, 0.4) is 0 Å². The summed E-state index contributed by atoms with van der Waals surface area (Å²) in [6.45, 7) is 3.24. The van der Waals surface area contributed by atoms with Gasteiger partial charge in [-0.25, -0.2) is 4.79 Å². The quantitative estimate of drug-likeness (QED) is 0.612. The van der Waals surface area contributed by atoms with Crippen LogP contribution in [0.1, 0.15) is 52.4 Å². The van der Waals surface area contributed by atoms with E-state index < -0.39 is 24.0 Å². The molecule has 4 aliphatic rings. The van der Waals surface area contributed by atoms with E-state index in [1.807, 2.05) is 6.92 Å². The second-order valence-corrected chi connectivity index (χ2v) is 6.96. The van der Waals surface area contributed by atoms with Gasteiger partial charge in [0, 0.05) is 12.8 Å². The molecular weight excluding hydrogens is 288 g/mol. The third kappa shape index (κ3) is 2.99. The molecule has 0 amide bonds. The van der Waals surface area contributed by atoms with Gasteiger partial charge >= 0.3 is 11.9 Å². The van der Waals surface area contributed by atoms with Crippen LogP contribution in [0.15, 0.2) is 0 Å². The first-order valence-electron chi connectivity index (χ1n) is 8.17. The summed E-state index contributed by atoms with van der Waals surface area (Å²) in [6, 6.07) is 0. The average Bonchev–Trinajstić information content (AvgIpc) is 2.60. The van der Waals surface area contributed by atoms with Gasteiger partial charge in [0.2, 0.25) is 6.29 Å². The van der Waals surface area contributed by atoms with Crippen molar-refractivity contribution in [3.05, 3.63) is 0 Å². The number of esters is 2. The molecule has 124 valence electrons. The fraction of sp³-hybridized carbons (Fsp3) is 0.875. The van der Waals surface area contributed by atoms with Crippen molar-refractivity contribution in [1.29, 1.82) is 0 Å². The summed E-state index contributed by atoms with van der Waals surface area (Å²) >= 11 is 0. The van der Waals surface area contributed by atoms with Gasteiger partial charge in [-0.2, -0.15) is 0 Å². The van der Waals surface area contributed by atoms with Crippen molar-refractivity contribution in [3.8, 4) is 0 Å². The Morgan fingerprint density at radius 3 is 2.86 bits per heavy atom. The van der Waals surface area contributed by atoms with E-state index in [0.717, 1.165) is 19.3 Å². The summed E-state index contributed by atoms with van der Waals surface area (Å²) in [6.07, 6.45) is 2.58. The topological polar surface area (TPSA) is 82.1 Å². The molecule has 6 nitrogen and oxygen atoms in total. The number of aliphatic hydroxyl groups excluding tert-OH is 1. The number of ether oxygens (including phenoxy) is 3. The smallest absolute Gasteiger partial charge is 0.336 e. The number of hydrogen-bond acceptors (Lipinski definition) is 6. The van der Waals surface area contributed by atoms with Gasteiger partial charge in [-0.15, -0.1) is 0 Å². The Bertz CT molecular complexity index is 462. The van der Waals surface area contributed by atoms with E-state index in [1.165, 1.54) is 6.92 Å². The third-order valence-corrected chi connectivity index (χ3v) is 5.01. The molecule has 2 aliphatic heterocycles. The van der Waals surface area contributed by atoms with Gasteiger partial charge in [-0.3, -0.25) is 4.79 Å². The molecule has 2 saturated heterocycles. The highest BCUT2D eigenvalue weighted by molar-refractivity contribution is 5.74. The van der Waals surface area contributed by atoms with E-state index in [0.29, 0.717) is 25.2 Å². The SMILES string of the molecule is CCC(OC(=O)C(C)O)OC12CC3CC(C1)OC(=O)C(C3)C2. The van der Waals surface area contributed by atoms with Crippen LogP contribution in [0.2, 0.25) is 0 Å². The average molecular weight is 312 g/mol. The molecule has 6 heteroatoms. The largest absolute Gasteiger partial charge is 0.462 e. The van der Waals surface area contributed by atoms with Crippen LogP contribution in [-0.2, 0) is 23.8 Å². The molecule has 1 N–H and O–H groups in total. The normalized spacial score (nSPS) is 39.0. The minimum Gasteiger partial charge on any atom is -0.462 e. The van der Waals surface area contributed by atoms with Crippen molar-refractivity contribution in [1.82, 2.24) is 0 Å². The molecule has 6 atom stereocenters. The number of carbonyl (C=O) groups is 2. The lowest BCUT2D eigenvalue weighted by atomic mass is 9.65. The van der Waals surface area contributed by atoms with Gasteiger partial charge in [0.1, 0.15) is 12.2 Å². The van der Waals surface area contributed by atoms with E-state index in [-0.39, 0.29) is 18.0 Å². The van der Waals surface area contributed by atoms with Crippen molar-refractivity contribution in [2.24, 2.45) is 11.8 Å². The second kappa shape index (κ2) is 5.81. The van der Waals surface area contributed by atoms with Gasteiger partial charge in [-0.1, -0.05) is 6.92 Å². The number of aliphatic hydroxyl groups is 1. The Kier molecular flexibility index (Phi) is 4.16. The predicted molar refractivity (Wildman–Crippen MR) is 75.6 cm³/mol. The lowest BCUT2D eigenvalue weighted by Crippen LogP contribution is -2.49. The van der Waals surface area contributed by atoms with Gasteiger partial charge in [0.05, 0.1) is 11.5 Å². The highest BCUT2D eigenvalue weighted by Crippen LogP contribution is 2.51. The Balaban J connectivity index is 1.73. The fourth-order valence-electron chi connectivity index (χ4n) is 4.22. The highest BCUT2D eigenvalue weighted by Gasteiger charge is 2.54. The number of rotatable bonds is 5. The van der Waals surface area contributed by atoms with Crippen LogP contribution in [0.5, 0.6) is 0 Å². The molecule has 2 heterocycles. The van der Waals surface area contributed by atoms with Crippen LogP contribution in [-0.4, -0.2) is 41.1 Å². The third-order valence-electron chi connectivity index (χ3n) is 5.01. The molecule has 4 fully saturated rings. The first-order chi connectivity index (χ1) is 10.4. The zero-order valence-electron chi connectivity index (χ0n) is 13.1. The molecule has 2 saturated carbocycles. The fourth-order valence-corrected chi connectivity index (χ4v) is 4.22. The summed E-state index contributed by atoms with van der Waals surface area (Å²) in [5.41, 5.74) is -0.442. The maximum absolute atomic E-state index is 12.0. The van der Waals surface area contributed by atoms with Crippen LogP contribution in [0.4, 0.5) is 0 Å². The van der Waals surface area contributed by atoms with Crippen molar-refractivity contribution < 1.29 is 28.9 Å². The molecule has 4 bridgehead atoms. The molecule has 0 spiro atoms.